The first kappa shape index (κ1) is 24.9. The second-order valence-electron chi connectivity index (χ2n) is 7.41. The molecule has 0 saturated carbocycles. The van der Waals surface area contributed by atoms with Crippen LogP contribution in [-0.2, 0) is 9.59 Å². The lowest BCUT2D eigenvalue weighted by atomic mass is 9.93. The zero-order valence-corrected chi connectivity index (χ0v) is 18.0. The first-order valence-electron chi connectivity index (χ1n) is 10.1. The Morgan fingerprint density at radius 1 is 1.24 bits per heavy atom. The van der Waals surface area contributed by atoms with Crippen molar-refractivity contribution in [1.82, 2.24) is 15.5 Å². The predicted octanol–water partition coefficient (Wildman–Crippen LogP) is 1.57. The molecule has 1 aliphatic heterocycles. The van der Waals surface area contributed by atoms with Crippen molar-refractivity contribution in [3.05, 3.63) is 35.9 Å². The molecule has 0 radical (unpaired) electrons. The molecule has 1 saturated heterocycles. The highest BCUT2D eigenvalue weighted by Gasteiger charge is 2.34. The van der Waals surface area contributed by atoms with Crippen LogP contribution in [0, 0.1) is 11.8 Å². The Balaban J connectivity index is 0.00000420. The fraction of sp³-hybridized carbons (Fsp3) is 0.571. The molecule has 8 heteroatoms. The highest BCUT2D eigenvalue weighted by Crippen LogP contribution is 2.20. The first-order valence-corrected chi connectivity index (χ1v) is 10.1. The van der Waals surface area contributed by atoms with Gasteiger partial charge in [0.25, 0.3) is 5.91 Å². The summed E-state index contributed by atoms with van der Waals surface area (Å²) in [6.45, 7) is 5.77. The number of piperidine rings is 1. The minimum Gasteiger partial charge on any atom is -0.355 e. The van der Waals surface area contributed by atoms with Gasteiger partial charge in [-0.25, -0.2) is 0 Å². The van der Waals surface area contributed by atoms with Crippen molar-refractivity contribution in [2.45, 2.75) is 39.2 Å². The normalized spacial score (nSPS) is 18.2. The Labute approximate surface area is 179 Å². The maximum atomic E-state index is 13.2. The monoisotopic (exact) mass is 424 g/mol. The van der Waals surface area contributed by atoms with E-state index in [0.717, 1.165) is 19.3 Å². The number of rotatable bonds is 8. The molecule has 2 rings (SSSR count). The number of carbonyl (C=O) groups excluding carboxylic acids is 3. The van der Waals surface area contributed by atoms with E-state index in [1.165, 1.54) is 0 Å². The van der Waals surface area contributed by atoms with Gasteiger partial charge in [0.05, 0.1) is 5.92 Å². The Hall–Kier alpha value is -2.12. The van der Waals surface area contributed by atoms with Crippen molar-refractivity contribution in [3.63, 3.8) is 0 Å². The third-order valence-electron chi connectivity index (χ3n) is 5.35. The van der Waals surface area contributed by atoms with Gasteiger partial charge in [-0.2, -0.15) is 0 Å². The van der Waals surface area contributed by atoms with Gasteiger partial charge in [0.2, 0.25) is 11.8 Å². The SMILES string of the molecule is CCC(C)C(NC(=O)c1ccccc1)C(=O)N1CCCC(C(=O)NCCN)C1.Cl. The van der Waals surface area contributed by atoms with E-state index in [-0.39, 0.29) is 42.0 Å². The summed E-state index contributed by atoms with van der Waals surface area (Å²) in [6.07, 6.45) is 2.29. The third kappa shape index (κ3) is 7.01. The molecule has 3 atom stereocenters. The summed E-state index contributed by atoms with van der Waals surface area (Å²) >= 11 is 0. The number of hydrogen-bond donors (Lipinski definition) is 3. The van der Waals surface area contributed by atoms with Gasteiger partial charge >= 0.3 is 0 Å². The van der Waals surface area contributed by atoms with Crippen molar-refractivity contribution in [1.29, 1.82) is 0 Å². The van der Waals surface area contributed by atoms with Gasteiger partial charge in [-0.3, -0.25) is 14.4 Å². The standard InChI is InChI=1S/C21H32N4O3.ClH/c1-3-15(2)18(24-20(27)16-8-5-4-6-9-16)21(28)25-13-7-10-17(14-25)19(26)23-12-11-22;/h4-6,8-9,15,17-18H,3,7,10-14,22H2,1-2H3,(H,23,26)(H,24,27);1H. The van der Waals surface area contributed by atoms with Crippen LogP contribution in [-0.4, -0.2) is 54.8 Å². The van der Waals surface area contributed by atoms with Crippen LogP contribution in [0.1, 0.15) is 43.5 Å². The lowest BCUT2D eigenvalue weighted by molar-refractivity contribution is -0.138. The number of likely N-dealkylation sites (tertiary alicyclic amines) is 1. The van der Waals surface area contributed by atoms with Gasteiger partial charge in [-0.15, -0.1) is 12.4 Å². The van der Waals surface area contributed by atoms with E-state index in [2.05, 4.69) is 10.6 Å². The molecule has 0 bridgehead atoms. The van der Waals surface area contributed by atoms with E-state index in [4.69, 9.17) is 5.73 Å². The van der Waals surface area contributed by atoms with Crippen molar-refractivity contribution < 1.29 is 14.4 Å². The van der Waals surface area contributed by atoms with Crippen molar-refractivity contribution in [3.8, 4) is 0 Å². The summed E-state index contributed by atoms with van der Waals surface area (Å²) in [4.78, 5) is 39.8. The molecule has 7 nitrogen and oxygen atoms in total. The number of benzene rings is 1. The molecule has 1 heterocycles. The zero-order chi connectivity index (χ0) is 20.5. The summed E-state index contributed by atoms with van der Waals surface area (Å²) in [5, 5.41) is 5.72. The van der Waals surface area contributed by atoms with Gasteiger partial charge in [0, 0.05) is 31.7 Å². The summed E-state index contributed by atoms with van der Waals surface area (Å²) in [6, 6.07) is 8.29. The second-order valence-corrected chi connectivity index (χ2v) is 7.41. The lowest BCUT2D eigenvalue weighted by Crippen LogP contribution is -2.55. The maximum Gasteiger partial charge on any atom is 0.251 e. The van der Waals surface area contributed by atoms with Crippen LogP contribution < -0.4 is 16.4 Å². The molecule has 1 aromatic rings. The maximum absolute atomic E-state index is 13.2. The summed E-state index contributed by atoms with van der Waals surface area (Å²) in [7, 11) is 0. The van der Waals surface area contributed by atoms with E-state index in [0.29, 0.717) is 31.7 Å². The van der Waals surface area contributed by atoms with Gasteiger partial charge < -0.3 is 21.3 Å². The largest absolute Gasteiger partial charge is 0.355 e. The molecule has 0 aromatic heterocycles. The van der Waals surface area contributed by atoms with Crippen molar-refractivity contribution >= 4 is 30.1 Å². The van der Waals surface area contributed by atoms with Crippen LogP contribution in [0.3, 0.4) is 0 Å². The zero-order valence-electron chi connectivity index (χ0n) is 17.2. The molecule has 0 spiro atoms. The molecule has 29 heavy (non-hydrogen) atoms. The fourth-order valence-corrected chi connectivity index (χ4v) is 3.42. The number of amides is 3. The number of halogens is 1. The van der Waals surface area contributed by atoms with E-state index < -0.39 is 6.04 Å². The molecule has 1 fully saturated rings. The summed E-state index contributed by atoms with van der Waals surface area (Å²) in [5.41, 5.74) is 5.97. The van der Waals surface area contributed by atoms with Crippen LogP contribution >= 0.6 is 12.4 Å². The molecule has 3 unspecified atom stereocenters. The van der Waals surface area contributed by atoms with Gasteiger partial charge in [0.1, 0.15) is 6.04 Å². The van der Waals surface area contributed by atoms with Crippen LogP contribution in [0.15, 0.2) is 30.3 Å². The van der Waals surface area contributed by atoms with Gasteiger partial charge in [-0.05, 0) is 30.9 Å². The number of nitrogens with zero attached hydrogens (tertiary/aromatic N) is 1. The van der Waals surface area contributed by atoms with E-state index in [1.54, 1.807) is 29.2 Å². The predicted molar refractivity (Wildman–Crippen MR) is 116 cm³/mol. The number of nitrogens with one attached hydrogen (secondary N) is 2. The summed E-state index contributed by atoms with van der Waals surface area (Å²) < 4.78 is 0. The average molecular weight is 425 g/mol. The molecular weight excluding hydrogens is 392 g/mol. The number of nitrogens with two attached hydrogens (primary N) is 1. The highest BCUT2D eigenvalue weighted by atomic mass is 35.5. The average Bonchev–Trinajstić information content (AvgIpc) is 2.75. The highest BCUT2D eigenvalue weighted by molar-refractivity contribution is 5.97. The number of carbonyl (C=O) groups is 3. The van der Waals surface area contributed by atoms with Crippen molar-refractivity contribution in [2.75, 3.05) is 26.2 Å². The van der Waals surface area contributed by atoms with Crippen molar-refractivity contribution in [2.24, 2.45) is 17.6 Å². The van der Waals surface area contributed by atoms with Crippen LogP contribution in [0.4, 0.5) is 0 Å². The Bertz CT molecular complexity index is 671. The Morgan fingerprint density at radius 3 is 2.55 bits per heavy atom. The quantitative estimate of drug-likeness (QED) is 0.589. The molecule has 0 aliphatic carbocycles. The van der Waals surface area contributed by atoms with Crippen LogP contribution in [0.25, 0.3) is 0 Å². The molecule has 1 aliphatic rings. The molecule has 1 aromatic carbocycles. The second kappa shape index (κ2) is 12.4. The lowest BCUT2D eigenvalue weighted by Gasteiger charge is -2.36. The third-order valence-corrected chi connectivity index (χ3v) is 5.35. The van der Waals surface area contributed by atoms with E-state index >= 15 is 0 Å². The van der Waals surface area contributed by atoms with E-state index in [9.17, 15) is 14.4 Å². The Morgan fingerprint density at radius 2 is 1.93 bits per heavy atom. The van der Waals surface area contributed by atoms with Crippen LogP contribution in [0.2, 0.25) is 0 Å². The minimum absolute atomic E-state index is 0. The van der Waals surface area contributed by atoms with Gasteiger partial charge in [0.15, 0.2) is 0 Å². The topological polar surface area (TPSA) is 105 Å². The smallest absolute Gasteiger partial charge is 0.251 e. The molecule has 162 valence electrons. The summed E-state index contributed by atoms with van der Waals surface area (Å²) in [5.74, 6) is -0.668. The van der Waals surface area contributed by atoms with E-state index in [1.807, 2.05) is 19.9 Å². The first-order chi connectivity index (χ1) is 13.5. The Kier molecular flexibility index (Phi) is 10.7. The molecule has 4 N–H and O–H groups in total. The fourth-order valence-electron chi connectivity index (χ4n) is 3.42. The molecular formula is C21H33ClN4O3. The van der Waals surface area contributed by atoms with Gasteiger partial charge in [-0.1, -0.05) is 38.5 Å². The minimum atomic E-state index is -0.608. The number of hydrogen-bond acceptors (Lipinski definition) is 4. The van der Waals surface area contributed by atoms with Crippen LogP contribution in [0.5, 0.6) is 0 Å². The molecule has 3 amide bonds.